The summed E-state index contributed by atoms with van der Waals surface area (Å²) in [7, 11) is -4.25. The van der Waals surface area contributed by atoms with Gasteiger partial charge in [-0.25, -0.2) is 17.2 Å². The van der Waals surface area contributed by atoms with Gasteiger partial charge in [-0.2, -0.15) is 0 Å². The van der Waals surface area contributed by atoms with Crippen LogP contribution < -0.4 is 0 Å². The lowest BCUT2D eigenvalue weighted by atomic mass is 9.73. The molecule has 0 amide bonds. The van der Waals surface area contributed by atoms with E-state index in [0.717, 1.165) is 6.07 Å². The van der Waals surface area contributed by atoms with Gasteiger partial charge in [0.25, 0.3) is 0 Å². The molecule has 1 aliphatic carbocycles. The van der Waals surface area contributed by atoms with Gasteiger partial charge in [0, 0.05) is 0 Å². The maximum absolute atomic E-state index is 13.2. The lowest BCUT2D eigenvalue weighted by Gasteiger charge is -2.43. The van der Waals surface area contributed by atoms with Gasteiger partial charge < -0.3 is 5.11 Å². The summed E-state index contributed by atoms with van der Waals surface area (Å²) >= 11 is 0. The van der Waals surface area contributed by atoms with Crippen molar-refractivity contribution in [2.24, 2.45) is 5.92 Å². The van der Waals surface area contributed by atoms with Gasteiger partial charge in [-0.15, -0.1) is 0 Å². The molecule has 0 unspecified atom stereocenters. The Morgan fingerprint density at radius 2 is 1.95 bits per heavy atom. The minimum Gasteiger partial charge on any atom is -0.480 e. The molecule has 1 aliphatic rings. The fraction of sp³-hybridized carbons (Fsp3) is 0.462. The van der Waals surface area contributed by atoms with E-state index in [0.29, 0.717) is 18.6 Å². The van der Waals surface area contributed by atoms with Crippen LogP contribution in [-0.4, -0.2) is 24.2 Å². The predicted octanol–water partition coefficient (Wildman–Crippen LogP) is 2.38. The van der Waals surface area contributed by atoms with Crippen molar-refractivity contribution in [3.8, 4) is 0 Å². The van der Waals surface area contributed by atoms with E-state index in [1.54, 1.807) is 0 Å². The van der Waals surface area contributed by atoms with Gasteiger partial charge in [0.15, 0.2) is 26.2 Å². The molecule has 0 aromatic heterocycles. The third kappa shape index (κ3) is 2.00. The summed E-state index contributed by atoms with van der Waals surface area (Å²) in [5.41, 5.74) is 0. The van der Waals surface area contributed by atoms with Crippen molar-refractivity contribution in [1.29, 1.82) is 0 Å². The zero-order chi connectivity index (χ0) is 15.1. The van der Waals surface area contributed by atoms with Crippen molar-refractivity contribution in [3.05, 3.63) is 29.8 Å². The van der Waals surface area contributed by atoms with Crippen molar-refractivity contribution in [1.82, 2.24) is 0 Å². The Kier molecular flexibility index (Phi) is 3.58. The van der Waals surface area contributed by atoms with Gasteiger partial charge in [0.05, 0.1) is 4.90 Å². The second kappa shape index (κ2) is 4.80. The van der Waals surface area contributed by atoms with Crippen LogP contribution in [0.3, 0.4) is 0 Å². The molecule has 1 aromatic rings. The Morgan fingerprint density at radius 3 is 2.40 bits per heavy atom. The SMILES string of the molecule is CCC1CC(C(=O)O)(S(=O)(=O)c2ccc(F)c(F)c2)C1. The summed E-state index contributed by atoms with van der Waals surface area (Å²) in [6.45, 7) is 1.85. The van der Waals surface area contributed by atoms with E-state index in [-0.39, 0.29) is 18.8 Å². The monoisotopic (exact) mass is 304 g/mol. The Hall–Kier alpha value is -1.50. The Labute approximate surface area is 115 Å². The number of hydrogen-bond acceptors (Lipinski definition) is 3. The van der Waals surface area contributed by atoms with Gasteiger partial charge in [-0.1, -0.05) is 13.3 Å². The third-order valence-electron chi connectivity index (χ3n) is 3.92. The van der Waals surface area contributed by atoms with Crippen LogP contribution >= 0.6 is 0 Å². The van der Waals surface area contributed by atoms with Gasteiger partial charge in [0.1, 0.15) is 0 Å². The fourth-order valence-corrected chi connectivity index (χ4v) is 4.64. The summed E-state index contributed by atoms with van der Waals surface area (Å²) in [5.74, 6) is -3.90. The molecule has 1 fully saturated rings. The van der Waals surface area contributed by atoms with E-state index in [1.165, 1.54) is 0 Å². The van der Waals surface area contributed by atoms with Crippen molar-refractivity contribution >= 4 is 15.8 Å². The highest BCUT2D eigenvalue weighted by atomic mass is 32.2. The first-order chi connectivity index (χ1) is 9.24. The van der Waals surface area contributed by atoms with Crippen LogP contribution in [0.25, 0.3) is 0 Å². The summed E-state index contributed by atoms with van der Waals surface area (Å²) in [4.78, 5) is 10.9. The first kappa shape index (κ1) is 14.9. The lowest BCUT2D eigenvalue weighted by Crippen LogP contribution is -2.56. The first-order valence-electron chi connectivity index (χ1n) is 6.17. The number of sulfone groups is 1. The summed E-state index contributed by atoms with van der Waals surface area (Å²) in [6.07, 6.45) is 0.683. The van der Waals surface area contributed by atoms with Gasteiger partial charge >= 0.3 is 5.97 Å². The maximum atomic E-state index is 13.2. The molecule has 1 N–H and O–H groups in total. The highest BCUT2D eigenvalue weighted by molar-refractivity contribution is 7.93. The van der Waals surface area contributed by atoms with E-state index in [9.17, 15) is 27.1 Å². The molecule has 0 spiro atoms. The highest BCUT2D eigenvalue weighted by Gasteiger charge is 2.59. The van der Waals surface area contributed by atoms with E-state index in [2.05, 4.69) is 0 Å². The molecule has 0 aliphatic heterocycles. The van der Waals surface area contributed by atoms with Crippen LogP contribution in [0.1, 0.15) is 26.2 Å². The quantitative estimate of drug-likeness (QED) is 0.867. The van der Waals surface area contributed by atoms with Crippen molar-refractivity contribution in [3.63, 3.8) is 0 Å². The molecule has 0 atom stereocenters. The van der Waals surface area contributed by atoms with E-state index in [4.69, 9.17) is 0 Å². The number of benzene rings is 1. The standard InChI is InChI=1S/C13H14F2O4S/c1-2-8-6-13(7-8,12(16)17)20(18,19)9-3-4-10(14)11(15)5-9/h3-5,8H,2,6-7H2,1H3,(H,16,17). The van der Waals surface area contributed by atoms with Gasteiger partial charge in [-0.05, 0) is 37.0 Å². The Balaban J connectivity index is 2.48. The molecule has 0 radical (unpaired) electrons. The zero-order valence-electron chi connectivity index (χ0n) is 10.8. The molecule has 0 bridgehead atoms. The molecule has 20 heavy (non-hydrogen) atoms. The summed E-state index contributed by atoms with van der Waals surface area (Å²) < 4.78 is 49.0. The van der Waals surface area contributed by atoms with Crippen molar-refractivity contribution in [2.75, 3.05) is 0 Å². The topological polar surface area (TPSA) is 71.4 Å². The highest BCUT2D eigenvalue weighted by Crippen LogP contribution is 2.48. The molecule has 110 valence electrons. The molecule has 4 nitrogen and oxygen atoms in total. The van der Waals surface area contributed by atoms with Crippen molar-refractivity contribution < 1.29 is 27.1 Å². The van der Waals surface area contributed by atoms with Crippen LogP contribution in [0, 0.1) is 17.6 Å². The maximum Gasteiger partial charge on any atom is 0.325 e. The normalized spacial score (nSPS) is 26.1. The molecular weight excluding hydrogens is 290 g/mol. The molecule has 0 heterocycles. The lowest BCUT2D eigenvalue weighted by molar-refractivity contribution is -0.144. The van der Waals surface area contributed by atoms with Crippen LogP contribution in [-0.2, 0) is 14.6 Å². The predicted molar refractivity (Wildman–Crippen MR) is 66.9 cm³/mol. The minimum atomic E-state index is -4.25. The van der Waals surface area contributed by atoms with E-state index >= 15 is 0 Å². The third-order valence-corrected chi connectivity index (χ3v) is 6.33. The number of halogens is 2. The number of carboxylic acid groups (broad SMARTS) is 1. The average Bonchev–Trinajstić information content (AvgIpc) is 2.30. The van der Waals surface area contributed by atoms with E-state index < -0.39 is 37.1 Å². The molecule has 2 rings (SSSR count). The van der Waals surface area contributed by atoms with Crippen LogP contribution in [0.5, 0.6) is 0 Å². The first-order valence-corrected chi connectivity index (χ1v) is 7.66. The number of hydrogen-bond donors (Lipinski definition) is 1. The Morgan fingerprint density at radius 1 is 1.35 bits per heavy atom. The number of carboxylic acids is 1. The van der Waals surface area contributed by atoms with Crippen LogP contribution in [0.4, 0.5) is 8.78 Å². The Bertz CT molecular complexity index is 648. The second-order valence-corrected chi connectivity index (χ2v) is 7.32. The fourth-order valence-electron chi connectivity index (χ4n) is 2.54. The van der Waals surface area contributed by atoms with Crippen LogP contribution in [0.15, 0.2) is 23.1 Å². The van der Waals surface area contributed by atoms with Crippen molar-refractivity contribution in [2.45, 2.75) is 35.8 Å². The molecule has 0 saturated heterocycles. The minimum absolute atomic E-state index is 0.000161. The largest absolute Gasteiger partial charge is 0.480 e. The second-order valence-electron chi connectivity index (χ2n) is 5.06. The average molecular weight is 304 g/mol. The van der Waals surface area contributed by atoms with E-state index in [1.807, 2.05) is 6.92 Å². The van der Waals surface area contributed by atoms with Gasteiger partial charge in [0.2, 0.25) is 0 Å². The van der Waals surface area contributed by atoms with Gasteiger partial charge in [-0.3, -0.25) is 4.79 Å². The molecule has 7 heteroatoms. The van der Waals surface area contributed by atoms with Crippen LogP contribution in [0.2, 0.25) is 0 Å². The molecule has 1 aromatic carbocycles. The summed E-state index contributed by atoms with van der Waals surface area (Å²) in [6, 6.07) is 2.13. The molecular formula is C13H14F2O4S. The number of aliphatic carboxylic acids is 1. The summed E-state index contributed by atoms with van der Waals surface area (Å²) in [5, 5.41) is 9.27. The zero-order valence-corrected chi connectivity index (χ0v) is 11.6. The number of carbonyl (C=O) groups is 1. The number of rotatable bonds is 4. The molecule has 1 saturated carbocycles. The smallest absolute Gasteiger partial charge is 0.325 e.